The summed E-state index contributed by atoms with van der Waals surface area (Å²) in [7, 11) is 0. The Kier molecular flexibility index (Phi) is 3.71. The molecule has 0 aromatic carbocycles. The van der Waals surface area contributed by atoms with Gasteiger partial charge in [-0.3, -0.25) is 9.89 Å². The highest BCUT2D eigenvalue weighted by molar-refractivity contribution is 5.90. The third-order valence-electron chi connectivity index (χ3n) is 2.63. The molecule has 0 fully saturated rings. The van der Waals surface area contributed by atoms with Crippen LogP contribution < -0.4 is 5.32 Å². The maximum Gasteiger partial charge on any atom is 0.291 e. The van der Waals surface area contributed by atoms with Crippen LogP contribution in [-0.4, -0.2) is 31.1 Å². The van der Waals surface area contributed by atoms with E-state index >= 15 is 0 Å². The van der Waals surface area contributed by atoms with Crippen LogP contribution in [-0.2, 0) is 6.42 Å². The van der Waals surface area contributed by atoms with E-state index in [0.717, 1.165) is 18.7 Å². The molecular formula is C11H16N6O. The number of H-pyrrole nitrogens is 2. The lowest BCUT2D eigenvalue weighted by Crippen LogP contribution is -2.29. The van der Waals surface area contributed by atoms with Crippen LogP contribution in [0.25, 0.3) is 0 Å². The average molecular weight is 248 g/mol. The van der Waals surface area contributed by atoms with Crippen molar-refractivity contribution in [1.82, 2.24) is 30.5 Å². The lowest BCUT2D eigenvalue weighted by molar-refractivity contribution is 0.0923. The average Bonchev–Trinajstić information content (AvgIpc) is 3.05. The van der Waals surface area contributed by atoms with Gasteiger partial charge in [0.25, 0.3) is 5.91 Å². The first-order valence-corrected chi connectivity index (χ1v) is 5.96. The summed E-state index contributed by atoms with van der Waals surface area (Å²) in [4.78, 5) is 23.2. The molecule has 18 heavy (non-hydrogen) atoms. The van der Waals surface area contributed by atoms with Crippen molar-refractivity contribution < 1.29 is 4.79 Å². The van der Waals surface area contributed by atoms with Crippen molar-refractivity contribution in [1.29, 1.82) is 0 Å². The van der Waals surface area contributed by atoms with Gasteiger partial charge in [-0.2, -0.15) is 0 Å². The second kappa shape index (κ2) is 5.44. The molecule has 0 bridgehead atoms. The zero-order valence-corrected chi connectivity index (χ0v) is 10.4. The van der Waals surface area contributed by atoms with Gasteiger partial charge in [0, 0.05) is 18.8 Å². The molecule has 2 rings (SSSR count). The van der Waals surface area contributed by atoms with Gasteiger partial charge in [0.15, 0.2) is 0 Å². The molecular weight excluding hydrogens is 232 g/mol. The number of aryl methyl sites for hydroxylation is 1. The molecule has 0 aliphatic heterocycles. The fourth-order valence-corrected chi connectivity index (χ4v) is 1.61. The summed E-state index contributed by atoms with van der Waals surface area (Å²) in [6.07, 6.45) is 4.85. The molecule has 7 heteroatoms. The summed E-state index contributed by atoms with van der Waals surface area (Å²) < 4.78 is 0. The molecule has 1 amide bonds. The molecule has 0 aliphatic rings. The number of amides is 1. The van der Waals surface area contributed by atoms with Crippen LogP contribution in [0, 0.1) is 0 Å². The van der Waals surface area contributed by atoms with E-state index in [2.05, 4.69) is 30.5 Å². The number of hydrogen-bond donors (Lipinski definition) is 3. The van der Waals surface area contributed by atoms with Crippen molar-refractivity contribution >= 4 is 5.91 Å². The largest absolute Gasteiger partial charge is 0.347 e. The fourth-order valence-electron chi connectivity index (χ4n) is 1.61. The molecule has 2 aromatic heterocycles. The number of carbonyl (C=O) groups is 1. The number of aromatic nitrogens is 5. The standard InChI is InChI=1S/C11H16N6O/c1-3-7(9-12-5-6-13-9)14-11(18)10-15-8(4-2)16-17-10/h5-7H,3-4H2,1-2H3,(H,12,13)(H,14,18)(H,15,16,17). The normalized spacial score (nSPS) is 12.3. The van der Waals surface area contributed by atoms with Crippen molar-refractivity contribution in [3.63, 3.8) is 0 Å². The summed E-state index contributed by atoms with van der Waals surface area (Å²) in [5.74, 6) is 1.30. The zero-order valence-electron chi connectivity index (χ0n) is 10.4. The van der Waals surface area contributed by atoms with Crippen molar-refractivity contribution in [2.45, 2.75) is 32.7 Å². The Labute approximate surface area is 104 Å². The third-order valence-corrected chi connectivity index (χ3v) is 2.63. The van der Waals surface area contributed by atoms with Crippen LogP contribution in [0.15, 0.2) is 12.4 Å². The van der Waals surface area contributed by atoms with Gasteiger partial charge >= 0.3 is 0 Å². The van der Waals surface area contributed by atoms with Crippen LogP contribution in [0.5, 0.6) is 0 Å². The van der Waals surface area contributed by atoms with Crippen molar-refractivity contribution in [2.75, 3.05) is 0 Å². The van der Waals surface area contributed by atoms with Gasteiger partial charge in [0.1, 0.15) is 11.6 Å². The van der Waals surface area contributed by atoms with E-state index in [1.165, 1.54) is 0 Å². The van der Waals surface area contributed by atoms with Crippen molar-refractivity contribution in [3.8, 4) is 0 Å². The van der Waals surface area contributed by atoms with Gasteiger partial charge in [-0.25, -0.2) is 9.97 Å². The van der Waals surface area contributed by atoms with E-state index in [-0.39, 0.29) is 17.8 Å². The molecule has 0 aliphatic carbocycles. The topological polar surface area (TPSA) is 99.3 Å². The van der Waals surface area contributed by atoms with E-state index in [0.29, 0.717) is 5.82 Å². The van der Waals surface area contributed by atoms with Crippen LogP contribution in [0.1, 0.15) is 48.6 Å². The zero-order chi connectivity index (χ0) is 13.0. The molecule has 0 saturated heterocycles. The van der Waals surface area contributed by atoms with E-state index < -0.39 is 0 Å². The SMILES string of the molecule is CCc1nc(C(=O)NC(CC)c2ncc[nH]2)n[nH]1. The number of rotatable bonds is 5. The summed E-state index contributed by atoms with van der Waals surface area (Å²) >= 11 is 0. The molecule has 96 valence electrons. The Morgan fingerprint density at radius 2 is 2.33 bits per heavy atom. The molecule has 0 saturated carbocycles. The number of carbonyl (C=O) groups excluding carboxylic acids is 1. The maximum atomic E-state index is 11.9. The summed E-state index contributed by atoms with van der Waals surface area (Å²) in [5.41, 5.74) is 0. The summed E-state index contributed by atoms with van der Waals surface area (Å²) in [6.45, 7) is 3.92. The highest BCUT2D eigenvalue weighted by atomic mass is 16.2. The van der Waals surface area contributed by atoms with Gasteiger partial charge in [-0.05, 0) is 6.42 Å². The Bertz CT molecular complexity index is 503. The molecule has 0 spiro atoms. The lowest BCUT2D eigenvalue weighted by atomic mass is 10.2. The first-order chi connectivity index (χ1) is 8.74. The highest BCUT2D eigenvalue weighted by Crippen LogP contribution is 2.11. The summed E-state index contributed by atoms with van der Waals surface area (Å²) in [5, 5.41) is 9.44. The van der Waals surface area contributed by atoms with Crippen LogP contribution in [0.2, 0.25) is 0 Å². The van der Waals surface area contributed by atoms with E-state index in [4.69, 9.17) is 0 Å². The number of imidazole rings is 1. The molecule has 1 atom stereocenters. The molecule has 7 nitrogen and oxygen atoms in total. The fraction of sp³-hybridized carbons (Fsp3) is 0.455. The monoisotopic (exact) mass is 248 g/mol. The van der Waals surface area contributed by atoms with Gasteiger partial charge < -0.3 is 10.3 Å². The second-order valence-corrected chi connectivity index (χ2v) is 3.87. The minimum atomic E-state index is -0.297. The van der Waals surface area contributed by atoms with Gasteiger partial charge in [0.2, 0.25) is 5.82 Å². The lowest BCUT2D eigenvalue weighted by Gasteiger charge is -2.12. The minimum Gasteiger partial charge on any atom is -0.347 e. The van der Waals surface area contributed by atoms with Crippen molar-refractivity contribution in [2.24, 2.45) is 0 Å². The minimum absolute atomic E-state index is 0.156. The second-order valence-electron chi connectivity index (χ2n) is 3.87. The van der Waals surface area contributed by atoms with Gasteiger partial charge in [0.05, 0.1) is 6.04 Å². The van der Waals surface area contributed by atoms with Crippen molar-refractivity contribution in [3.05, 3.63) is 29.9 Å². The Hall–Kier alpha value is -2.18. The predicted octanol–water partition coefficient (Wildman–Crippen LogP) is 0.971. The van der Waals surface area contributed by atoms with Crippen LogP contribution >= 0.6 is 0 Å². The number of aromatic amines is 2. The van der Waals surface area contributed by atoms with Gasteiger partial charge in [-0.15, -0.1) is 5.10 Å². The quantitative estimate of drug-likeness (QED) is 0.734. The highest BCUT2D eigenvalue weighted by Gasteiger charge is 2.18. The predicted molar refractivity (Wildman–Crippen MR) is 64.8 cm³/mol. The third kappa shape index (κ3) is 2.55. The molecule has 1 unspecified atom stereocenters. The maximum absolute atomic E-state index is 11.9. The molecule has 2 heterocycles. The Morgan fingerprint density at radius 1 is 1.50 bits per heavy atom. The number of nitrogens with one attached hydrogen (secondary N) is 3. The molecule has 2 aromatic rings. The van der Waals surface area contributed by atoms with E-state index in [1.54, 1.807) is 12.4 Å². The van der Waals surface area contributed by atoms with Gasteiger partial charge in [-0.1, -0.05) is 13.8 Å². The Morgan fingerprint density at radius 3 is 2.89 bits per heavy atom. The first-order valence-electron chi connectivity index (χ1n) is 5.96. The first kappa shape index (κ1) is 12.3. The summed E-state index contributed by atoms with van der Waals surface area (Å²) in [6, 6.07) is -0.156. The molecule has 0 radical (unpaired) electrons. The van der Waals surface area contributed by atoms with Crippen LogP contribution in [0.3, 0.4) is 0 Å². The van der Waals surface area contributed by atoms with Crippen LogP contribution in [0.4, 0.5) is 0 Å². The van der Waals surface area contributed by atoms with E-state index in [9.17, 15) is 4.79 Å². The number of nitrogens with zero attached hydrogens (tertiary/aromatic N) is 3. The smallest absolute Gasteiger partial charge is 0.291 e. The Balaban J connectivity index is 2.06. The molecule has 3 N–H and O–H groups in total. The van der Waals surface area contributed by atoms with E-state index in [1.807, 2.05) is 13.8 Å². The number of hydrogen-bond acceptors (Lipinski definition) is 4.